The van der Waals surface area contributed by atoms with Crippen LogP contribution in [-0.2, 0) is 55.2 Å². The summed E-state index contributed by atoms with van der Waals surface area (Å²) in [6, 6.07) is 10.6. The van der Waals surface area contributed by atoms with Crippen LogP contribution in [0.4, 0.5) is 10.6 Å². The van der Waals surface area contributed by atoms with Gasteiger partial charge < -0.3 is 42.6 Å². The second-order valence-corrected chi connectivity index (χ2v) is 27.7. The molecule has 1 saturated carbocycles. The molecule has 1 aliphatic carbocycles. The van der Waals surface area contributed by atoms with E-state index in [2.05, 4.69) is 35.1 Å². The average Bonchev–Trinajstić information content (AvgIpc) is 4.02. The number of aromatic nitrogens is 8. The maximum atomic E-state index is 14.8. The van der Waals surface area contributed by atoms with E-state index < -0.39 is 69.6 Å². The number of rotatable bonds is 22. The third-order valence-electron chi connectivity index (χ3n) is 11.6. The van der Waals surface area contributed by atoms with E-state index in [0.717, 1.165) is 30.9 Å². The molecule has 0 radical (unpaired) electrons. The lowest BCUT2D eigenvalue weighted by molar-refractivity contribution is -0.207. The minimum absolute atomic E-state index is 0.0221. The molecule has 4 aromatic rings. The van der Waals surface area contributed by atoms with Crippen LogP contribution in [0.25, 0.3) is 23.2 Å². The van der Waals surface area contributed by atoms with E-state index in [9.17, 15) is 14.5 Å². The lowest BCUT2D eigenvalue weighted by atomic mass is 9.91. The highest BCUT2D eigenvalue weighted by atomic mass is 31.2. The second kappa shape index (κ2) is 20.9. The summed E-state index contributed by atoms with van der Waals surface area (Å²) in [4.78, 5) is 27.0. The molecule has 1 aromatic carbocycles. The van der Waals surface area contributed by atoms with Crippen molar-refractivity contribution < 1.29 is 51.9 Å². The molecule has 22 heteroatoms. The maximum Gasteiger partial charge on any atom is 0.416 e. The van der Waals surface area contributed by atoms with Crippen molar-refractivity contribution in [2.24, 2.45) is 0 Å². The van der Waals surface area contributed by atoms with Crippen molar-refractivity contribution in [3.63, 3.8) is 0 Å². The summed E-state index contributed by atoms with van der Waals surface area (Å²) in [6.45, 7) is 19.1. The van der Waals surface area contributed by atoms with Gasteiger partial charge in [-0.05, 0) is 97.0 Å². The molecular weight excluding hydrogens is 902 g/mol. The average molecular weight is 970 g/mol. The van der Waals surface area contributed by atoms with Gasteiger partial charge in [-0.1, -0.05) is 56.0 Å². The first-order valence-corrected chi connectivity index (χ1v) is 28.5. The van der Waals surface area contributed by atoms with E-state index in [1.807, 2.05) is 57.2 Å². The number of aliphatic hydroxyl groups is 1. The van der Waals surface area contributed by atoms with Crippen molar-refractivity contribution >= 4 is 50.8 Å². The van der Waals surface area contributed by atoms with Crippen LogP contribution in [0, 0.1) is 0 Å². The van der Waals surface area contributed by atoms with E-state index in [4.69, 9.17) is 52.5 Å². The Morgan fingerprint density at radius 1 is 1.04 bits per heavy atom. The van der Waals surface area contributed by atoms with Crippen LogP contribution in [0.1, 0.15) is 97.6 Å². The van der Waals surface area contributed by atoms with Crippen LogP contribution in [0.5, 0.6) is 0 Å². The molecule has 2 aliphatic heterocycles. The zero-order chi connectivity index (χ0) is 48.2. The fourth-order valence-corrected chi connectivity index (χ4v) is 10.8. The molecule has 0 bridgehead atoms. The molecule has 0 unspecified atom stereocenters. The molecule has 1 amide bonds. The van der Waals surface area contributed by atoms with Crippen molar-refractivity contribution in [2.45, 2.75) is 160 Å². The molecule has 20 nitrogen and oxygen atoms in total. The van der Waals surface area contributed by atoms with Crippen molar-refractivity contribution in [1.82, 2.24) is 40.0 Å². The van der Waals surface area contributed by atoms with Gasteiger partial charge in [-0.25, -0.2) is 19.4 Å². The van der Waals surface area contributed by atoms with Gasteiger partial charge in [0, 0.05) is 27.1 Å². The Morgan fingerprint density at radius 2 is 1.76 bits per heavy atom. The van der Waals surface area contributed by atoms with Crippen LogP contribution in [-0.4, -0.2) is 133 Å². The predicted molar refractivity (Wildman–Crippen MR) is 252 cm³/mol. The van der Waals surface area contributed by atoms with E-state index in [-0.39, 0.29) is 45.4 Å². The lowest BCUT2D eigenvalue weighted by Crippen LogP contribution is -2.47. The lowest BCUT2D eigenvalue weighted by Gasteiger charge is -2.38. The fourth-order valence-electron chi connectivity index (χ4n) is 8.07. The summed E-state index contributed by atoms with van der Waals surface area (Å²) in [7, 11) is -5.48. The normalized spacial score (nSPS) is 22.0. The summed E-state index contributed by atoms with van der Waals surface area (Å²) in [5.74, 6) is -0.0243. The molecule has 368 valence electrons. The summed E-state index contributed by atoms with van der Waals surface area (Å²) >= 11 is 0. The molecular formula is C45H68N9O11PSi. The smallest absolute Gasteiger partial charge is 0.416 e. The number of amides is 1. The summed E-state index contributed by atoms with van der Waals surface area (Å²) in [5.41, 5.74) is 0.562. The van der Waals surface area contributed by atoms with E-state index >= 15 is 0 Å². The number of tetrazole rings is 1. The van der Waals surface area contributed by atoms with Gasteiger partial charge in [-0.15, -0.1) is 15.0 Å². The number of aliphatic hydroxyl groups excluding tert-OH is 1. The predicted octanol–water partition coefficient (Wildman–Crippen LogP) is 7.61. The van der Waals surface area contributed by atoms with Gasteiger partial charge in [0.15, 0.2) is 47.2 Å². The Kier molecular flexibility index (Phi) is 15.9. The van der Waals surface area contributed by atoms with Crippen LogP contribution in [0.3, 0.4) is 0 Å². The third kappa shape index (κ3) is 12.1. The van der Waals surface area contributed by atoms with Gasteiger partial charge in [0.25, 0.3) is 0 Å². The molecule has 5 atom stereocenters. The molecule has 2 saturated heterocycles. The van der Waals surface area contributed by atoms with Gasteiger partial charge in [-0.3, -0.25) is 9.46 Å². The third-order valence-corrected chi connectivity index (χ3v) is 16.0. The minimum atomic E-state index is -4.20. The summed E-state index contributed by atoms with van der Waals surface area (Å²) in [5, 5.41) is 27.5. The van der Waals surface area contributed by atoms with E-state index in [0.29, 0.717) is 35.1 Å². The summed E-state index contributed by atoms with van der Waals surface area (Å²) in [6.07, 6.45) is 4.14. The number of hydrogen-bond acceptors (Lipinski definition) is 17. The molecule has 0 spiro atoms. The molecule has 67 heavy (non-hydrogen) atoms. The zero-order valence-corrected chi connectivity index (χ0v) is 42.4. The topological polar surface area (TPSA) is 219 Å². The first kappa shape index (κ1) is 50.8. The number of anilines is 1. The van der Waals surface area contributed by atoms with Crippen molar-refractivity contribution in [2.75, 3.05) is 37.9 Å². The Hall–Kier alpha value is -4.02. The van der Waals surface area contributed by atoms with Gasteiger partial charge in [0.05, 0.1) is 38.0 Å². The first-order chi connectivity index (χ1) is 31.8. The van der Waals surface area contributed by atoms with E-state index in [1.54, 1.807) is 49.5 Å². The molecule has 3 aliphatic rings. The number of benzene rings is 1. The van der Waals surface area contributed by atoms with E-state index in [1.165, 1.54) is 4.80 Å². The van der Waals surface area contributed by atoms with Crippen molar-refractivity contribution in [1.29, 1.82) is 0 Å². The number of aryl methyl sites for hydroxylation is 1. The Labute approximate surface area is 393 Å². The van der Waals surface area contributed by atoms with Crippen molar-refractivity contribution in [3.05, 3.63) is 53.7 Å². The number of ether oxygens (including phenoxy) is 6. The number of fused-ring (bicyclic) bond motifs is 2. The molecule has 1 N–H and O–H groups in total. The molecule has 3 aromatic heterocycles. The number of hydrogen-bond donors (Lipinski definition) is 1. The maximum absolute atomic E-state index is 14.8. The van der Waals surface area contributed by atoms with Crippen LogP contribution in [0.15, 0.2) is 36.5 Å². The van der Waals surface area contributed by atoms with Crippen molar-refractivity contribution in [3.8, 4) is 0 Å². The number of carbonyl (C=O) groups is 1. The van der Waals surface area contributed by atoms with Gasteiger partial charge in [-0.2, -0.15) is 5.10 Å². The first-order valence-electron chi connectivity index (χ1n) is 23.3. The SMILES string of the molecule is CCOP(=O)(OCC)[C@@](CO)(CCc1nnn(COCC[Si](C)(C)C)n1)OC[C@H]1O[C@@H](n2ncc3c(N(C(=O)OC(C)(C)C)C4CCC4)nc(/C=C/c4ccccc4)nc32)[C@@H]2OC(C)(C)O[C@@H]21. The standard InChI is InChI=1S/C45H68N9O11PSi/c1-11-60-66(57,61-12-2)45(29-55,24-23-36-49-51-52(50-36)30-58-25-26-67(8,9)10)59-28-34-37-38(64-44(6,7)63-37)41(62-34)54-40-33(27-46-54)39(47-35(48-40)22-21-31-17-14-13-15-18-31)53(32-19-16-20-32)42(56)65-43(3,4)5/h13-15,17-18,21-22,27,32,34,37-38,41,55H,11-12,16,19-20,23-26,28-30H2,1-10H3/b22-21+/t34-,37-,38-,41-,45-/m1/s1. The van der Waals surface area contributed by atoms with Crippen LogP contribution >= 0.6 is 7.60 Å². The second-order valence-electron chi connectivity index (χ2n) is 19.7. The largest absolute Gasteiger partial charge is 0.443 e. The Bertz CT molecular complexity index is 2360. The van der Waals surface area contributed by atoms with Crippen LogP contribution in [0.2, 0.25) is 25.7 Å². The highest BCUT2D eigenvalue weighted by Gasteiger charge is 2.59. The molecule has 3 fully saturated rings. The molecule has 7 rings (SSSR count). The monoisotopic (exact) mass is 969 g/mol. The Balaban J connectivity index is 1.20. The number of nitrogens with zero attached hydrogens (tertiary/aromatic N) is 9. The Morgan fingerprint density at radius 3 is 2.40 bits per heavy atom. The fraction of sp³-hybridized carbons (Fsp3) is 0.667. The number of carbonyl (C=O) groups excluding carboxylic acids is 1. The van der Waals surface area contributed by atoms with Crippen LogP contribution < -0.4 is 4.90 Å². The van der Waals surface area contributed by atoms with Gasteiger partial charge >= 0.3 is 13.7 Å². The molecule has 5 heterocycles. The highest BCUT2D eigenvalue weighted by Crippen LogP contribution is 2.62. The highest BCUT2D eigenvalue weighted by molar-refractivity contribution is 7.55. The minimum Gasteiger partial charge on any atom is -0.443 e. The van der Waals surface area contributed by atoms with Gasteiger partial charge in [0.2, 0.25) is 0 Å². The summed E-state index contributed by atoms with van der Waals surface area (Å²) < 4.78 is 66.2. The van der Waals surface area contributed by atoms with Gasteiger partial charge in [0.1, 0.15) is 23.9 Å². The zero-order valence-electron chi connectivity index (χ0n) is 40.5. The quantitative estimate of drug-likeness (QED) is 0.0455.